The van der Waals surface area contributed by atoms with Gasteiger partial charge in [0.25, 0.3) is 0 Å². The van der Waals surface area contributed by atoms with Crippen molar-refractivity contribution in [2.75, 3.05) is 20.3 Å². The van der Waals surface area contributed by atoms with E-state index >= 15 is 0 Å². The van der Waals surface area contributed by atoms with E-state index in [1.807, 2.05) is 20.0 Å². The SMILES string of the molecule is C=CCCCC(COCC)NC. The molecule has 0 saturated heterocycles. The molecule has 0 aliphatic carbocycles. The van der Waals surface area contributed by atoms with Gasteiger partial charge in [0.2, 0.25) is 0 Å². The summed E-state index contributed by atoms with van der Waals surface area (Å²) in [5.74, 6) is 0. The van der Waals surface area contributed by atoms with E-state index in [1.165, 1.54) is 12.8 Å². The van der Waals surface area contributed by atoms with Crippen molar-refractivity contribution in [1.82, 2.24) is 5.32 Å². The molecule has 0 heterocycles. The Bertz CT molecular complexity index is 104. The van der Waals surface area contributed by atoms with E-state index in [2.05, 4.69) is 11.9 Å². The largest absolute Gasteiger partial charge is 0.380 e. The van der Waals surface area contributed by atoms with Crippen LogP contribution in [0.25, 0.3) is 0 Å². The molecule has 0 rings (SSSR count). The summed E-state index contributed by atoms with van der Waals surface area (Å²) in [6.45, 7) is 7.35. The molecule has 0 spiro atoms. The minimum Gasteiger partial charge on any atom is -0.380 e. The fraction of sp³-hybridized carbons (Fsp3) is 0.800. The average Bonchev–Trinajstić information content (AvgIpc) is 2.11. The second-order valence-corrected chi connectivity index (χ2v) is 2.86. The Morgan fingerprint density at radius 1 is 1.58 bits per heavy atom. The number of ether oxygens (including phenoxy) is 1. The molecule has 0 fully saturated rings. The van der Waals surface area contributed by atoms with Crippen molar-refractivity contribution >= 4 is 0 Å². The molecule has 0 aliphatic rings. The molecule has 12 heavy (non-hydrogen) atoms. The van der Waals surface area contributed by atoms with Crippen molar-refractivity contribution in [3.8, 4) is 0 Å². The highest BCUT2D eigenvalue weighted by Gasteiger charge is 2.03. The summed E-state index contributed by atoms with van der Waals surface area (Å²) in [6, 6.07) is 0.505. The number of likely N-dealkylation sites (N-methyl/N-ethyl adjacent to an activating group) is 1. The summed E-state index contributed by atoms with van der Waals surface area (Å²) in [5.41, 5.74) is 0. The maximum atomic E-state index is 5.33. The molecule has 0 radical (unpaired) electrons. The van der Waals surface area contributed by atoms with E-state index in [-0.39, 0.29) is 0 Å². The van der Waals surface area contributed by atoms with E-state index in [1.54, 1.807) is 0 Å². The Labute approximate surface area is 76.0 Å². The van der Waals surface area contributed by atoms with Gasteiger partial charge >= 0.3 is 0 Å². The molecule has 0 aromatic heterocycles. The van der Waals surface area contributed by atoms with Gasteiger partial charge in [0.1, 0.15) is 0 Å². The quantitative estimate of drug-likeness (QED) is 0.445. The van der Waals surface area contributed by atoms with E-state index < -0.39 is 0 Å². The van der Waals surface area contributed by atoms with Crippen molar-refractivity contribution < 1.29 is 4.74 Å². The molecule has 0 amide bonds. The molecule has 0 aliphatic heterocycles. The Balaban J connectivity index is 3.32. The third-order valence-electron chi connectivity index (χ3n) is 1.89. The third-order valence-corrected chi connectivity index (χ3v) is 1.89. The molecular formula is C10H21NO. The van der Waals surface area contributed by atoms with Gasteiger partial charge in [0.05, 0.1) is 6.61 Å². The van der Waals surface area contributed by atoms with Crippen LogP contribution in [0.15, 0.2) is 12.7 Å². The molecule has 0 aromatic carbocycles. The molecule has 0 saturated carbocycles. The summed E-state index contributed by atoms with van der Waals surface area (Å²) in [5, 5.41) is 3.24. The Morgan fingerprint density at radius 3 is 2.83 bits per heavy atom. The van der Waals surface area contributed by atoms with Crippen molar-refractivity contribution in [2.24, 2.45) is 0 Å². The van der Waals surface area contributed by atoms with E-state index in [0.29, 0.717) is 6.04 Å². The monoisotopic (exact) mass is 171 g/mol. The normalized spacial score (nSPS) is 12.8. The molecule has 0 aromatic rings. The summed E-state index contributed by atoms with van der Waals surface area (Å²) < 4.78 is 5.33. The number of nitrogens with one attached hydrogen (secondary N) is 1. The summed E-state index contributed by atoms with van der Waals surface area (Å²) in [7, 11) is 1.98. The lowest BCUT2D eigenvalue weighted by atomic mass is 10.1. The standard InChI is InChI=1S/C10H21NO/c1-4-6-7-8-10(11-3)9-12-5-2/h4,10-11H,1,5-9H2,2-3H3. The lowest BCUT2D eigenvalue weighted by molar-refractivity contribution is 0.122. The zero-order chi connectivity index (χ0) is 9.23. The van der Waals surface area contributed by atoms with Gasteiger partial charge in [-0.05, 0) is 33.2 Å². The van der Waals surface area contributed by atoms with Gasteiger partial charge in [-0.3, -0.25) is 0 Å². The first-order valence-electron chi connectivity index (χ1n) is 4.71. The number of rotatable bonds is 8. The van der Waals surface area contributed by atoms with Crippen LogP contribution in [-0.2, 0) is 4.74 Å². The van der Waals surface area contributed by atoms with E-state index in [4.69, 9.17) is 4.74 Å². The highest BCUT2D eigenvalue weighted by atomic mass is 16.5. The smallest absolute Gasteiger partial charge is 0.0619 e. The van der Waals surface area contributed by atoms with Crippen LogP contribution in [-0.4, -0.2) is 26.3 Å². The van der Waals surface area contributed by atoms with Gasteiger partial charge in [-0.2, -0.15) is 0 Å². The first-order valence-corrected chi connectivity index (χ1v) is 4.71. The molecular weight excluding hydrogens is 150 g/mol. The second-order valence-electron chi connectivity index (χ2n) is 2.86. The first kappa shape index (κ1) is 11.7. The summed E-state index contributed by atoms with van der Waals surface area (Å²) in [6.07, 6.45) is 5.43. The zero-order valence-corrected chi connectivity index (χ0v) is 8.31. The second kappa shape index (κ2) is 8.75. The predicted octanol–water partition coefficient (Wildman–Crippen LogP) is 1.97. The van der Waals surface area contributed by atoms with Gasteiger partial charge in [-0.1, -0.05) is 6.08 Å². The van der Waals surface area contributed by atoms with Crippen LogP contribution in [0, 0.1) is 0 Å². The third kappa shape index (κ3) is 6.38. The van der Waals surface area contributed by atoms with Crippen molar-refractivity contribution in [3.63, 3.8) is 0 Å². The van der Waals surface area contributed by atoms with Crippen molar-refractivity contribution in [2.45, 2.75) is 32.2 Å². The fourth-order valence-electron chi connectivity index (χ4n) is 1.08. The predicted molar refractivity (Wildman–Crippen MR) is 53.4 cm³/mol. The van der Waals surface area contributed by atoms with Crippen molar-refractivity contribution in [3.05, 3.63) is 12.7 Å². The summed E-state index contributed by atoms with van der Waals surface area (Å²) >= 11 is 0. The molecule has 1 N–H and O–H groups in total. The molecule has 2 nitrogen and oxygen atoms in total. The van der Waals surface area contributed by atoms with Crippen LogP contribution in [0.4, 0.5) is 0 Å². The highest BCUT2D eigenvalue weighted by molar-refractivity contribution is 4.70. The summed E-state index contributed by atoms with van der Waals surface area (Å²) in [4.78, 5) is 0. The zero-order valence-electron chi connectivity index (χ0n) is 8.31. The Morgan fingerprint density at radius 2 is 2.33 bits per heavy atom. The molecule has 2 heteroatoms. The van der Waals surface area contributed by atoms with Gasteiger partial charge in [-0.15, -0.1) is 6.58 Å². The minimum absolute atomic E-state index is 0.505. The Hall–Kier alpha value is -0.340. The number of allylic oxidation sites excluding steroid dienone is 1. The van der Waals surface area contributed by atoms with Crippen LogP contribution in [0.5, 0.6) is 0 Å². The van der Waals surface area contributed by atoms with Gasteiger partial charge < -0.3 is 10.1 Å². The van der Waals surface area contributed by atoms with Crippen LogP contribution in [0.1, 0.15) is 26.2 Å². The number of hydrogen-bond donors (Lipinski definition) is 1. The van der Waals surface area contributed by atoms with Gasteiger partial charge in [0.15, 0.2) is 0 Å². The van der Waals surface area contributed by atoms with Crippen LogP contribution in [0.2, 0.25) is 0 Å². The maximum absolute atomic E-state index is 5.33. The molecule has 1 unspecified atom stereocenters. The van der Waals surface area contributed by atoms with E-state index in [9.17, 15) is 0 Å². The lowest BCUT2D eigenvalue weighted by Gasteiger charge is -2.14. The molecule has 1 atom stereocenters. The number of hydrogen-bond acceptors (Lipinski definition) is 2. The average molecular weight is 171 g/mol. The number of unbranched alkanes of at least 4 members (excludes halogenated alkanes) is 1. The van der Waals surface area contributed by atoms with Gasteiger partial charge in [-0.25, -0.2) is 0 Å². The minimum atomic E-state index is 0.505. The Kier molecular flexibility index (Phi) is 8.51. The fourth-order valence-corrected chi connectivity index (χ4v) is 1.08. The first-order chi connectivity index (χ1) is 5.85. The molecule has 0 bridgehead atoms. The van der Waals surface area contributed by atoms with Crippen molar-refractivity contribution in [1.29, 1.82) is 0 Å². The highest BCUT2D eigenvalue weighted by Crippen LogP contribution is 2.01. The van der Waals surface area contributed by atoms with E-state index in [0.717, 1.165) is 19.6 Å². The van der Waals surface area contributed by atoms with Gasteiger partial charge in [0, 0.05) is 12.6 Å². The topological polar surface area (TPSA) is 21.3 Å². The van der Waals surface area contributed by atoms with Crippen LogP contribution >= 0.6 is 0 Å². The molecule has 72 valence electrons. The van der Waals surface area contributed by atoms with Crippen LogP contribution < -0.4 is 5.32 Å². The maximum Gasteiger partial charge on any atom is 0.0619 e. The van der Waals surface area contributed by atoms with Crippen LogP contribution in [0.3, 0.4) is 0 Å². The lowest BCUT2D eigenvalue weighted by Crippen LogP contribution is -2.30.